The Kier molecular flexibility index (Phi) is 5.24. The lowest BCUT2D eigenvalue weighted by molar-refractivity contribution is -0.121. The summed E-state index contributed by atoms with van der Waals surface area (Å²) >= 11 is 0. The van der Waals surface area contributed by atoms with Gasteiger partial charge >= 0.3 is 0 Å². The molecule has 1 heterocycles. The number of aromatic nitrogens is 2. The average Bonchev–Trinajstić information content (AvgIpc) is 2.44. The maximum Gasteiger partial charge on any atom is 0.252 e. The monoisotopic (exact) mass is 304 g/mol. The first-order chi connectivity index (χ1) is 10.5. The number of rotatable bonds is 6. The van der Waals surface area contributed by atoms with Crippen LogP contribution in [0.25, 0.3) is 0 Å². The molecular weight excluding hydrogens is 287 g/mol. The third-order valence-electron chi connectivity index (χ3n) is 3.02. The van der Waals surface area contributed by atoms with Gasteiger partial charge in [0.05, 0.1) is 0 Å². The number of nitrogen functional groups attached to an aromatic ring is 1. The van der Waals surface area contributed by atoms with Gasteiger partial charge in [-0.1, -0.05) is 12.1 Å². The van der Waals surface area contributed by atoms with Gasteiger partial charge in [0.1, 0.15) is 17.5 Å². The molecule has 0 bridgehead atoms. The van der Waals surface area contributed by atoms with E-state index in [4.69, 9.17) is 5.73 Å². The molecule has 2 aromatic rings. The molecule has 0 unspecified atom stereocenters. The van der Waals surface area contributed by atoms with Crippen LogP contribution < -0.4 is 16.6 Å². The fourth-order valence-corrected chi connectivity index (χ4v) is 2.01. The topological polar surface area (TPSA) is 101 Å². The molecule has 1 aromatic heterocycles. The van der Waals surface area contributed by atoms with Crippen LogP contribution in [-0.4, -0.2) is 22.4 Å². The lowest BCUT2D eigenvalue weighted by Crippen LogP contribution is -2.27. The van der Waals surface area contributed by atoms with E-state index in [1.807, 2.05) is 0 Å². The minimum atomic E-state index is -0.320. The highest BCUT2D eigenvalue weighted by Crippen LogP contribution is 2.06. The van der Waals surface area contributed by atoms with Crippen molar-refractivity contribution in [1.29, 1.82) is 0 Å². The molecule has 2 rings (SSSR count). The number of H-pyrrole nitrogens is 1. The SMILES string of the molecule is Nc1cc(=O)[nH]c(CCNC(=O)CCc2cccc(F)c2)n1. The van der Waals surface area contributed by atoms with E-state index in [1.54, 1.807) is 12.1 Å². The summed E-state index contributed by atoms with van der Waals surface area (Å²) in [5.41, 5.74) is 5.92. The zero-order valence-corrected chi connectivity index (χ0v) is 11.9. The molecule has 0 fully saturated rings. The van der Waals surface area contributed by atoms with Crippen LogP contribution in [-0.2, 0) is 17.6 Å². The van der Waals surface area contributed by atoms with Gasteiger partial charge in [-0.2, -0.15) is 0 Å². The number of anilines is 1. The molecule has 1 amide bonds. The van der Waals surface area contributed by atoms with Crippen molar-refractivity contribution in [2.75, 3.05) is 12.3 Å². The third-order valence-corrected chi connectivity index (χ3v) is 3.02. The van der Waals surface area contributed by atoms with Crippen molar-refractivity contribution in [2.45, 2.75) is 19.3 Å². The molecule has 0 radical (unpaired) electrons. The number of nitrogens with zero attached hydrogens (tertiary/aromatic N) is 1. The summed E-state index contributed by atoms with van der Waals surface area (Å²) in [5.74, 6) is 0.122. The normalized spacial score (nSPS) is 10.4. The fourth-order valence-electron chi connectivity index (χ4n) is 2.01. The first-order valence-electron chi connectivity index (χ1n) is 6.90. The van der Waals surface area contributed by atoms with E-state index < -0.39 is 0 Å². The number of nitrogens with one attached hydrogen (secondary N) is 2. The number of halogens is 1. The van der Waals surface area contributed by atoms with Crippen LogP contribution in [0.4, 0.5) is 10.2 Å². The van der Waals surface area contributed by atoms with E-state index in [0.29, 0.717) is 25.2 Å². The predicted molar refractivity (Wildman–Crippen MR) is 80.7 cm³/mol. The van der Waals surface area contributed by atoms with Gasteiger partial charge in [0, 0.05) is 25.5 Å². The average molecular weight is 304 g/mol. The Bertz CT molecular complexity index is 715. The van der Waals surface area contributed by atoms with Crippen LogP contribution in [0.2, 0.25) is 0 Å². The Morgan fingerprint density at radius 2 is 2.14 bits per heavy atom. The zero-order chi connectivity index (χ0) is 15.9. The summed E-state index contributed by atoms with van der Waals surface area (Å²) < 4.78 is 13.0. The Hall–Kier alpha value is -2.70. The van der Waals surface area contributed by atoms with Crippen molar-refractivity contribution in [3.05, 3.63) is 57.9 Å². The fraction of sp³-hybridized carbons (Fsp3) is 0.267. The maximum atomic E-state index is 13.0. The second kappa shape index (κ2) is 7.35. The lowest BCUT2D eigenvalue weighted by atomic mass is 10.1. The standard InChI is InChI=1S/C15H17FN4O2/c16-11-3-1-2-10(8-11)4-5-14(21)18-7-6-13-19-12(17)9-15(22)20-13/h1-3,8-9H,4-7H2,(H,18,21)(H3,17,19,20,22). The molecular formula is C15H17FN4O2. The third kappa shape index (κ3) is 5.01. The molecule has 0 aliphatic carbocycles. The quantitative estimate of drug-likeness (QED) is 0.734. The van der Waals surface area contributed by atoms with Gasteiger partial charge < -0.3 is 16.0 Å². The summed E-state index contributed by atoms with van der Waals surface area (Å²) in [5, 5.41) is 2.72. The van der Waals surface area contributed by atoms with Gasteiger partial charge in [-0.05, 0) is 24.1 Å². The molecule has 4 N–H and O–H groups in total. The highest BCUT2D eigenvalue weighted by Gasteiger charge is 2.04. The molecule has 0 aliphatic heterocycles. The maximum absolute atomic E-state index is 13.0. The van der Waals surface area contributed by atoms with E-state index in [-0.39, 0.29) is 29.5 Å². The number of carbonyl (C=O) groups is 1. The number of carbonyl (C=O) groups excluding carboxylic acids is 1. The molecule has 22 heavy (non-hydrogen) atoms. The number of hydrogen-bond acceptors (Lipinski definition) is 4. The molecule has 7 heteroatoms. The van der Waals surface area contributed by atoms with E-state index >= 15 is 0 Å². The largest absolute Gasteiger partial charge is 0.383 e. The number of aryl methyl sites for hydroxylation is 1. The van der Waals surface area contributed by atoms with Crippen LogP contribution >= 0.6 is 0 Å². The van der Waals surface area contributed by atoms with E-state index in [9.17, 15) is 14.0 Å². The van der Waals surface area contributed by atoms with E-state index in [1.165, 1.54) is 18.2 Å². The molecule has 0 spiro atoms. The predicted octanol–water partition coefficient (Wildman–Crippen LogP) is 0.783. The van der Waals surface area contributed by atoms with Crippen molar-refractivity contribution in [1.82, 2.24) is 15.3 Å². The van der Waals surface area contributed by atoms with Crippen LogP contribution in [0.3, 0.4) is 0 Å². The molecule has 116 valence electrons. The van der Waals surface area contributed by atoms with Gasteiger partial charge in [0.15, 0.2) is 0 Å². The van der Waals surface area contributed by atoms with Gasteiger partial charge in [-0.25, -0.2) is 9.37 Å². The van der Waals surface area contributed by atoms with Crippen molar-refractivity contribution < 1.29 is 9.18 Å². The molecule has 0 saturated heterocycles. The number of hydrogen-bond donors (Lipinski definition) is 3. The second-order valence-electron chi connectivity index (χ2n) is 4.85. The Morgan fingerprint density at radius 1 is 1.32 bits per heavy atom. The summed E-state index contributed by atoms with van der Waals surface area (Å²) in [4.78, 5) is 29.4. The minimum Gasteiger partial charge on any atom is -0.383 e. The first kappa shape index (κ1) is 15.7. The second-order valence-corrected chi connectivity index (χ2v) is 4.85. The summed E-state index contributed by atoms with van der Waals surface area (Å²) in [6.07, 6.45) is 1.12. The summed E-state index contributed by atoms with van der Waals surface area (Å²) in [7, 11) is 0. The van der Waals surface area contributed by atoms with E-state index in [2.05, 4.69) is 15.3 Å². The summed E-state index contributed by atoms with van der Waals surface area (Å²) in [6.45, 7) is 0.342. The lowest BCUT2D eigenvalue weighted by Gasteiger charge is -2.05. The number of nitrogens with two attached hydrogens (primary N) is 1. The first-order valence-corrected chi connectivity index (χ1v) is 6.90. The van der Waals surface area contributed by atoms with Crippen LogP contribution in [0, 0.1) is 5.82 Å². The number of amides is 1. The smallest absolute Gasteiger partial charge is 0.252 e. The molecule has 6 nitrogen and oxygen atoms in total. The molecule has 1 aromatic carbocycles. The number of aromatic amines is 1. The molecule has 0 aliphatic rings. The minimum absolute atomic E-state index is 0.143. The van der Waals surface area contributed by atoms with Crippen molar-refractivity contribution in [3.63, 3.8) is 0 Å². The van der Waals surface area contributed by atoms with Crippen molar-refractivity contribution in [3.8, 4) is 0 Å². The van der Waals surface area contributed by atoms with Gasteiger partial charge in [0.2, 0.25) is 5.91 Å². The van der Waals surface area contributed by atoms with Crippen LogP contribution in [0.5, 0.6) is 0 Å². The Morgan fingerprint density at radius 3 is 2.86 bits per heavy atom. The Balaban J connectivity index is 1.75. The number of benzene rings is 1. The highest BCUT2D eigenvalue weighted by molar-refractivity contribution is 5.76. The summed E-state index contributed by atoms with van der Waals surface area (Å²) in [6, 6.07) is 7.36. The van der Waals surface area contributed by atoms with Crippen LogP contribution in [0.15, 0.2) is 35.1 Å². The van der Waals surface area contributed by atoms with Crippen molar-refractivity contribution >= 4 is 11.7 Å². The van der Waals surface area contributed by atoms with Crippen molar-refractivity contribution in [2.24, 2.45) is 0 Å². The highest BCUT2D eigenvalue weighted by atomic mass is 19.1. The van der Waals surface area contributed by atoms with Crippen LogP contribution in [0.1, 0.15) is 17.8 Å². The Labute approximate surface area is 126 Å². The van der Waals surface area contributed by atoms with Gasteiger partial charge in [-0.3, -0.25) is 9.59 Å². The van der Waals surface area contributed by atoms with E-state index in [0.717, 1.165) is 5.56 Å². The van der Waals surface area contributed by atoms with Gasteiger partial charge in [0.25, 0.3) is 5.56 Å². The zero-order valence-electron chi connectivity index (χ0n) is 11.9. The molecule has 0 atom stereocenters. The molecule has 0 saturated carbocycles. The van der Waals surface area contributed by atoms with Gasteiger partial charge in [-0.15, -0.1) is 0 Å².